The standard InChI is InChI=1S/C10H19ClO/c11-7-2-1-3-8-12-9-6-10-4-5-10/h10H,1-9H2. The molecule has 0 heterocycles. The predicted molar refractivity (Wildman–Crippen MR) is 52.7 cm³/mol. The van der Waals surface area contributed by atoms with Crippen LogP contribution in [0.4, 0.5) is 0 Å². The molecule has 12 heavy (non-hydrogen) atoms. The summed E-state index contributed by atoms with van der Waals surface area (Å²) in [5, 5.41) is 0. The molecular weight excluding hydrogens is 172 g/mol. The van der Waals surface area contributed by atoms with Gasteiger partial charge in [0.15, 0.2) is 0 Å². The van der Waals surface area contributed by atoms with E-state index in [0.29, 0.717) is 0 Å². The fourth-order valence-electron chi connectivity index (χ4n) is 1.23. The fraction of sp³-hybridized carbons (Fsp3) is 1.00. The van der Waals surface area contributed by atoms with Gasteiger partial charge in [0, 0.05) is 19.1 Å². The van der Waals surface area contributed by atoms with Gasteiger partial charge in [-0.25, -0.2) is 0 Å². The molecule has 1 fully saturated rings. The van der Waals surface area contributed by atoms with Gasteiger partial charge in [-0.1, -0.05) is 12.8 Å². The van der Waals surface area contributed by atoms with E-state index in [1.165, 1.54) is 32.1 Å². The molecule has 0 saturated heterocycles. The molecule has 0 amide bonds. The van der Waals surface area contributed by atoms with Gasteiger partial charge in [-0.3, -0.25) is 0 Å². The third kappa shape index (κ3) is 5.84. The molecule has 2 heteroatoms. The van der Waals surface area contributed by atoms with Crippen molar-refractivity contribution >= 4 is 11.6 Å². The number of hydrogen-bond donors (Lipinski definition) is 0. The zero-order chi connectivity index (χ0) is 8.65. The minimum Gasteiger partial charge on any atom is -0.381 e. The zero-order valence-corrected chi connectivity index (χ0v) is 8.48. The lowest BCUT2D eigenvalue weighted by Gasteiger charge is -2.02. The summed E-state index contributed by atoms with van der Waals surface area (Å²) in [6.45, 7) is 1.91. The number of alkyl halides is 1. The summed E-state index contributed by atoms with van der Waals surface area (Å²) in [7, 11) is 0. The zero-order valence-electron chi connectivity index (χ0n) is 7.73. The first-order chi connectivity index (χ1) is 5.93. The Morgan fingerprint density at radius 1 is 1.08 bits per heavy atom. The van der Waals surface area contributed by atoms with Crippen molar-refractivity contribution < 1.29 is 4.74 Å². The van der Waals surface area contributed by atoms with Crippen molar-refractivity contribution in [1.82, 2.24) is 0 Å². The molecule has 0 radical (unpaired) electrons. The molecule has 1 rings (SSSR count). The van der Waals surface area contributed by atoms with Crippen LogP contribution in [0.1, 0.15) is 38.5 Å². The van der Waals surface area contributed by atoms with E-state index in [-0.39, 0.29) is 0 Å². The fourth-order valence-corrected chi connectivity index (χ4v) is 1.42. The normalized spacial score (nSPS) is 16.8. The van der Waals surface area contributed by atoms with E-state index in [1.807, 2.05) is 0 Å². The Bertz CT molecular complexity index is 102. The summed E-state index contributed by atoms with van der Waals surface area (Å²) in [5.74, 6) is 1.80. The van der Waals surface area contributed by atoms with Crippen molar-refractivity contribution in [2.45, 2.75) is 38.5 Å². The van der Waals surface area contributed by atoms with Crippen molar-refractivity contribution in [2.75, 3.05) is 19.1 Å². The molecular formula is C10H19ClO. The largest absolute Gasteiger partial charge is 0.381 e. The molecule has 1 nitrogen and oxygen atoms in total. The lowest BCUT2D eigenvalue weighted by Crippen LogP contribution is -1.97. The van der Waals surface area contributed by atoms with Crippen LogP contribution in [0.2, 0.25) is 0 Å². The second-order valence-corrected chi connectivity index (χ2v) is 3.97. The first-order valence-corrected chi connectivity index (χ1v) is 5.60. The van der Waals surface area contributed by atoms with E-state index in [0.717, 1.165) is 31.4 Å². The van der Waals surface area contributed by atoms with Crippen LogP contribution in [-0.2, 0) is 4.74 Å². The second-order valence-electron chi connectivity index (χ2n) is 3.59. The van der Waals surface area contributed by atoms with E-state index in [1.54, 1.807) is 0 Å². The molecule has 72 valence electrons. The summed E-state index contributed by atoms with van der Waals surface area (Å²) >= 11 is 5.55. The maximum atomic E-state index is 5.55. The number of unbranched alkanes of at least 4 members (excludes halogenated alkanes) is 2. The van der Waals surface area contributed by atoms with Gasteiger partial charge < -0.3 is 4.74 Å². The quantitative estimate of drug-likeness (QED) is 0.422. The molecule has 0 aliphatic heterocycles. The highest BCUT2D eigenvalue weighted by molar-refractivity contribution is 6.17. The number of ether oxygens (including phenoxy) is 1. The van der Waals surface area contributed by atoms with Gasteiger partial charge in [0.1, 0.15) is 0 Å². The van der Waals surface area contributed by atoms with Gasteiger partial charge in [-0.05, 0) is 31.6 Å². The first kappa shape index (κ1) is 10.3. The summed E-state index contributed by atoms with van der Waals surface area (Å²) in [6.07, 6.45) is 7.69. The Labute approximate surface area is 80.4 Å². The van der Waals surface area contributed by atoms with Gasteiger partial charge in [0.25, 0.3) is 0 Å². The van der Waals surface area contributed by atoms with Crippen LogP contribution in [0, 0.1) is 5.92 Å². The van der Waals surface area contributed by atoms with E-state index in [4.69, 9.17) is 16.3 Å². The third-order valence-electron chi connectivity index (χ3n) is 2.29. The smallest absolute Gasteiger partial charge is 0.0468 e. The van der Waals surface area contributed by atoms with Crippen molar-refractivity contribution in [3.05, 3.63) is 0 Å². The Balaban J connectivity index is 1.65. The number of halogens is 1. The summed E-state index contributed by atoms with van der Waals surface area (Å²) in [6, 6.07) is 0. The van der Waals surface area contributed by atoms with E-state index < -0.39 is 0 Å². The van der Waals surface area contributed by atoms with Crippen molar-refractivity contribution in [3.63, 3.8) is 0 Å². The SMILES string of the molecule is ClCCCCCOCCC1CC1. The molecule has 1 aliphatic carbocycles. The summed E-state index contributed by atoms with van der Waals surface area (Å²) in [5.41, 5.74) is 0. The van der Waals surface area contributed by atoms with Crippen molar-refractivity contribution in [2.24, 2.45) is 5.92 Å². The average Bonchev–Trinajstić information content (AvgIpc) is 2.87. The predicted octanol–water partition coefficient (Wildman–Crippen LogP) is 3.21. The van der Waals surface area contributed by atoms with Gasteiger partial charge >= 0.3 is 0 Å². The molecule has 0 spiro atoms. The maximum absolute atomic E-state index is 5.55. The molecule has 0 aromatic carbocycles. The Hall–Kier alpha value is 0.250. The van der Waals surface area contributed by atoms with Crippen LogP contribution >= 0.6 is 11.6 Å². The van der Waals surface area contributed by atoms with E-state index >= 15 is 0 Å². The molecule has 1 aliphatic rings. The van der Waals surface area contributed by atoms with Crippen LogP contribution in [0.15, 0.2) is 0 Å². The molecule has 0 aromatic rings. The maximum Gasteiger partial charge on any atom is 0.0468 e. The van der Waals surface area contributed by atoms with Crippen molar-refractivity contribution in [3.8, 4) is 0 Å². The number of rotatable bonds is 8. The molecule has 0 N–H and O–H groups in total. The Morgan fingerprint density at radius 3 is 2.58 bits per heavy atom. The lowest BCUT2D eigenvalue weighted by molar-refractivity contribution is 0.124. The Morgan fingerprint density at radius 2 is 1.92 bits per heavy atom. The van der Waals surface area contributed by atoms with Gasteiger partial charge in [-0.2, -0.15) is 0 Å². The monoisotopic (exact) mass is 190 g/mol. The van der Waals surface area contributed by atoms with Gasteiger partial charge in [-0.15, -0.1) is 11.6 Å². The van der Waals surface area contributed by atoms with Crippen molar-refractivity contribution in [1.29, 1.82) is 0 Å². The van der Waals surface area contributed by atoms with E-state index in [2.05, 4.69) is 0 Å². The third-order valence-corrected chi connectivity index (χ3v) is 2.56. The minimum atomic E-state index is 0.794. The highest BCUT2D eigenvalue weighted by atomic mass is 35.5. The average molecular weight is 191 g/mol. The molecule has 1 saturated carbocycles. The minimum absolute atomic E-state index is 0.794. The van der Waals surface area contributed by atoms with Gasteiger partial charge in [0.2, 0.25) is 0 Å². The molecule has 0 bridgehead atoms. The van der Waals surface area contributed by atoms with Crippen LogP contribution < -0.4 is 0 Å². The highest BCUT2D eigenvalue weighted by Gasteiger charge is 2.20. The number of hydrogen-bond acceptors (Lipinski definition) is 1. The topological polar surface area (TPSA) is 9.23 Å². The van der Waals surface area contributed by atoms with Gasteiger partial charge in [0.05, 0.1) is 0 Å². The first-order valence-electron chi connectivity index (χ1n) is 5.07. The van der Waals surface area contributed by atoms with Crippen LogP contribution in [0.3, 0.4) is 0 Å². The van der Waals surface area contributed by atoms with Crippen LogP contribution in [0.25, 0.3) is 0 Å². The Kier molecular flexibility index (Phi) is 5.80. The van der Waals surface area contributed by atoms with Crippen LogP contribution in [0.5, 0.6) is 0 Å². The lowest BCUT2D eigenvalue weighted by atomic mass is 10.3. The molecule has 0 aromatic heterocycles. The van der Waals surface area contributed by atoms with E-state index in [9.17, 15) is 0 Å². The highest BCUT2D eigenvalue weighted by Crippen LogP contribution is 2.32. The molecule has 0 unspecified atom stereocenters. The summed E-state index contributed by atoms with van der Waals surface area (Å²) < 4.78 is 5.49. The second kappa shape index (κ2) is 6.73. The summed E-state index contributed by atoms with van der Waals surface area (Å²) in [4.78, 5) is 0. The van der Waals surface area contributed by atoms with Crippen LogP contribution in [-0.4, -0.2) is 19.1 Å². The molecule has 0 atom stereocenters.